The molecule has 1 aliphatic heterocycles. The number of nitrogens with zero attached hydrogens (tertiary/aromatic N) is 3. The molecule has 1 aromatic carbocycles. The summed E-state index contributed by atoms with van der Waals surface area (Å²) in [5.41, 5.74) is 2.78. The zero-order chi connectivity index (χ0) is 27.6. The third-order valence-electron chi connectivity index (χ3n) is 6.33. The standard InChI is InChI=1S/C26H27F3N4O3S2.K/c1-15(2)32-10-12-33(13-11-32)25(36)21-9-8-20(38-21)24(35)31-30-16(3)19-14-37-23(22(19)34)17-4-6-18(7-5-17)26(27,28)29;/h4-9,14-15,34H,10-13H2,1-3H3,(H,31,35);. The summed E-state index contributed by atoms with van der Waals surface area (Å²) >= 11 is 2.25. The van der Waals surface area contributed by atoms with Crippen LogP contribution in [-0.4, -0.2) is 116 Å². The third-order valence-corrected chi connectivity index (χ3v) is 8.42. The van der Waals surface area contributed by atoms with Crippen LogP contribution in [0, 0.1) is 0 Å². The number of carbonyl (C=O) groups excluding carboxylic acids is 2. The van der Waals surface area contributed by atoms with Crippen LogP contribution in [-0.2, 0) is 6.18 Å². The number of alkyl halides is 3. The minimum absolute atomic E-state index is 0. The second kappa shape index (κ2) is 13.4. The number of halogens is 3. The van der Waals surface area contributed by atoms with Gasteiger partial charge in [-0.15, -0.1) is 22.7 Å². The first-order valence-corrected chi connectivity index (χ1v) is 13.6. The van der Waals surface area contributed by atoms with Crippen molar-refractivity contribution in [2.24, 2.45) is 5.10 Å². The van der Waals surface area contributed by atoms with E-state index >= 15 is 0 Å². The van der Waals surface area contributed by atoms with Crippen molar-refractivity contribution in [3.8, 4) is 16.2 Å². The molecule has 7 nitrogen and oxygen atoms in total. The van der Waals surface area contributed by atoms with E-state index in [1.807, 2.05) is 0 Å². The fourth-order valence-electron chi connectivity index (χ4n) is 4.05. The zero-order valence-electron chi connectivity index (χ0n) is 22.0. The Labute approximate surface area is 275 Å². The first kappa shape index (κ1) is 31.9. The minimum Gasteiger partial charge on any atom is -0.506 e. The number of hydrogen-bond acceptors (Lipinski definition) is 7. The van der Waals surface area contributed by atoms with Crippen molar-refractivity contribution in [3.63, 3.8) is 0 Å². The molecule has 39 heavy (non-hydrogen) atoms. The van der Waals surface area contributed by atoms with E-state index < -0.39 is 17.6 Å². The largest absolute Gasteiger partial charge is 0.506 e. The molecule has 0 unspecified atom stereocenters. The maximum atomic E-state index is 12.9. The van der Waals surface area contributed by atoms with Crippen molar-refractivity contribution in [1.82, 2.24) is 15.2 Å². The number of hydrazone groups is 1. The van der Waals surface area contributed by atoms with Gasteiger partial charge in [0.2, 0.25) is 0 Å². The van der Waals surface area contributed by atoms with Gasteiger partial charge in [0.05, 0.1) is 31.5 Å². The molecule has 3 aromatic rings. The van der Waals surface area contributed by atoms with E-state index in [1.165, 1.54) is 12.1 Å². The van der Waals surface area contributed by atoms with Gasteiger partial charge in [0.15, 0.2) is 0 Å². The molecule has 2 aromatic heterocycles. The number of piperazine rings is 1. The second-order valence-corrected chi connectivity index (χ2v) is 11.1. The zero-order valence-corrected chi connectivity index (χ0v) is 26.8. The van der Waals surface area contributed by atoms with Gasteiger partial charge in [0.1, 0.15) is 5.75 Å². The first-order valence-electron chi connectivity index (χ1n) is 11.9. The Morgan fingerprint density at radius 2 is 1.64 bits per heavy atom. The van der Waals surface area contributed by atoms with Crippen LogP contribution < -0.4 is 5.43 Å². The van der Waals surface area contributed by atoms with Crippen LogP contribution in [0.25, 0.3) is 10.4 Å². The number of aromatic hydroxyl groups is 1. The fraction of sp³-hybridized carbons (Fsp3) is 0.346. The molecule has 0 saturated carbocycles. The Kier molecular flexibility index (Phi) is 11.0. The third kappa shape index (κ3) is 7.58. The molecule has 1 aliphatic rings. The van der Waals surface area contributed by atoms with E-state index in [1.54, 1.807) is 29.3 Å². The number of carbonyl (C=O) groups is 2. The summed E-state index contributed by atoms with van der Waals surface area (Å²) in [7, 11) is 0. The van der Waals surface area contributed by atoms with Gasteiger partial charge < -0.3 is 10.0 Å². The van der Waals surface area contributed by atoms with E-state index in [0.717, 1.165) is 47.9 Å². The molecule has 203 valence electrons. The number of thiophene rings is 2. The van der Waals surface area contributed by atoms with E-state index in [9.17, 15) is 27.9 Å². The van der Waals surface area contributed by atoms with E-state index in [2.05, 4.69) is 29.3 Å². The minimum atomic E-state index is -4.44. The van der Waals surface area contributed by atoms with Crippen molar-refractivity contribution < 1.29 is 27.9 Å². The molecule has 1 saturated heterocycles. The smallest absolute Gasteiger partial charge is 0.416 e. The van der Waals surface area contributed by atoms with E-state index in [-0.39, 0.29) is 63.0 Å². The molecule has 13 heteroatoms. The summed E-state index contributed by atoms with van der Waals surface area (Å²) in [6, 6.07) is 8.16. The molecule has 2 amide bonds. The van der Waals surface area contributed by atoms with Crippen LogP contribution in [0.3, 0.4) is 0 Å². The van der Waals surface area contributed by atoms with Crippen molar-refractivity contribution in [1.29, 1.82) is 0 Å². The molecule has 0 atom stereocenters. The quantitative estimate of drug-likeness (QED) is 0.232. The average Bonchev–Trinajstić information content (AvgIpc) is 3.53. The van der Waals surface area contributed by atoms with Crippen LogP contribution in [0.1, 0.15) is 51.2 Å². The van der Waals surface area contributed by atoms with Gasteiger partial charge in [0.25, 0.3) is 11.8 Å². The van der Waals surface area contributed by atoms with Crippen molar-refractivity contribution >= 4 is 91.6 Å². The topological polar surface area (TPSA) is 85.2 Å². The molecular weight excluding hydrogens is 577 g/mol. The monoisotopic (exact) mass is 603 g/mol. The summed E-state index contributed by atoms with van der Waals surface area (Å²) in [4.78, 5) is 30.8. The number of amides is 2. The van der Waals surface area contributed by atoms with Gasteiger partial charge in [-0.3, -0.25) is 14.5 Å². The van der Waals surface area contributed by atoms with Gasteiger partial charge in [-0.1, -0.05) is 12.1 Å². The van der Waals surface area contributed by atoms with Crippen molar-refractivity contribution in [2.75, 3.05) is 26.2 Å². The number of benzene rings is 1. The molecule has 2 N–H and O–H groups in total. The van der Waals surface area contributed by atoms with Crippen LogP contribution in [0.15, 0.2) is 46.9 Å². The normalized spacial score (nSPS) is 14.8. The molecule has 3 heterocycles. The number of nitrogens with one attached hydrogen (secondary N) is 1. The molecule has 0 bridgehead atoms. The summed E-state index contributed by atoms with van der Waals surface area (Å²) < 4.78 is 38.5. The molecule has 0 aliphatic carbocycles. The van der Waals surface area contributed by atoms with Crippen LogP contribution in [0.2, 0.25) is 0 Å². The summed E-state index contributed by atoms with van der Waals surface area (Å²) in [5, 5.41) is 16.3. The van der Waals surface area contributed by atoms with E-state index in [4.69, 9.17) is 0 Å². The molecule has 0 spiro atoms. The van der Waals surface area contributed by atoms with Gasteiger partial charge in [-0.2, -0.15) is 18.3 Å². The average molecular weight is 604 g/mol. The van der Waals surface area contributed by atoms with Gasteiger partial charge in [0, 0.05) is 89.0 Å². The van der Waals surface area contributed by atoms with E-state index in [0.29, 0.717) is 50.6 Å². The summed E-state index contributed by atoms with van der Waals surface area (Å²) in [6.07, 6.45) is -4.44. The Bertz CT molecular complexity index is 1350. The number of rotatable bonds is 6. The maximum absolute atomic E-state index is 12.9. The first-order chi connectivity index (χ1) is 18.0. The molecule has 1 fully saturated rings. The van der Waals surface area contributed by atoms with Crippen LogP contribution in [0.5, 0.6) is 5.75 Å². The fourth-order valence-corrected chi connectivity index (χ4v) is 5.92. The van der Waals surface area contributed by atoms with Gasteiger partial charge in [-0.25, -0.2) is 5.43 Å². The molecule has 1 radical (unpaired) electrons. The summed E-state index contributed by atoms with van der Waals surface area (Å²) in [6.45, 7) is 8.75. The van der Waals surface area contributed by atoms with Crippen LogP contribution in [0.4, 0.5) is 13.2 Å². The molecular formula is C26H27F3KN4O3S2. The Morgan fingerprint density at radius 3 is 2.23 bits per heavy atom. The molecule has 4 rings (SSSR count). The van der Waals surface area contributed by atoms with Gasteiger partial charge in [-0.05, 0) is 50.6 Å². The predicted molar refractivity (Wildman–Crippen MR) is 149 cm³/mol. The van der Waals surface area contributed by atoms with Crippen molar-refractivity contribution in [2.45, 2.75) is 33.0 Å². The Hall–Kier alpha value is -1.58. The predicted octanol–water partition coefficient (Wildman–Crippen LogP) is 5.14. The Balaban J connectivity index is 0.00000420. The Morgan fingerprint density at radius 1 is 1.03 bits per heavy atom. The SMILES string of the molecule is CC(=NNC(=O)c1ccc(C(=O)N2CCN(C(C)C)CC2)s1)c1csc(-c2ccc(C(F)(F)F)cc2)c1O.[K]. The second-order valence-electron chi connectivity index (χ2n) is 9.13. The van der Waals surface area contributed by atoms with Crippen molar-refractivity contribution in [3.05, 3.63) is 62.7 Å². The van der Waals surface area contributed by atoms with Crippen LogP contribution >= 0.6 is 22.7 Å². The van der Waals surface area contributed by atoms with Gasteiger partial charge >= 0.3 is 6.18 Å². The maximum Gasteiger partial charge on any atom is 0.416 e. The number of hydrogen-bond donors (Lipinski definition) is 2. The summed E-state index contributed by atoms with van der Waals surface area (Å²) in [5.74, 6) is -0.723.